The van der Waals surface area contributed by atoms with Gasteiger partial charge in [0.15, 0.2) is 11.6 Å². The summed E-state index contributed by atoms with van der Waals surface area (Å²) >= 11 is 6.02. The van der Waals surface area contributed by atoms with Crippen LogP contribution in [0.3, 0.4) is 0 Å². The van der Waals surface area contributed by atoms with Gasteiger partial charge in [0.1, 0.15) is 0 Å². The van der Waals surface area contributed by atoms with E-state index < -0.39 is 11.9 Å². The van der Waals surface area contributed by atoms with Gasteiger partial charge in [0.05, 0.1) is 12.7 Å². The molecule has 0 saturated carbocycles. The molecule has 0 aliphatic rings. The number of hydrogen-bond donors (Lipinski definition) is 2. The molecule has 0 saturated heterocycles. The van der Waals surface area contributed by atoms with E-state index in [-0.39, 0.29) is 12.3 Å². The molecule has 1 unspecified atom stereocenters. The highest BCUT2D eigenvalue weighted by atomic mass is 35.5. The first kappa shape index (κ1) is 15.6. The summed E-state index contributed by atoms with van der Waals surface area (Å²) in [6.07, 6.45) is -0.770. The molecule has 0 aliphatic carbocycles. The van der Waals surface area contributed by atoms with Gasteiger partial charge >= 0.3 is 0 Å². The summed E-state index contributed by atoms with van der Waals surface area (Å²) in [4.78, 5) is 0. The van der Waals surface area contributed by atoms with E-state index in [9.17, 15) is 9.50 Å². The molecule has 0 aromatic heterocycles. The van der Waals surface area contributed by atoms with Crippen LogP contribution in [0.4, 0.5) is 10.1 Å². The number of aliphatic hydroxyl groups excluding tert-OH is 1. The minimum Gasteiger partial charge on any atom is -0.491 e. The van der Waals surface area contributed by atoms with Crippen LogP contribution in [-0.4, -0.2) is 18.3 Å². The van der Waals surface area contributed by atoms with Crippen molar-refractivity contribution < 1.29 is 14.2 Å². The second-order valence-electron chi connectivity index (χ2n) is 4.50. The number of anilines is 1. The molecule has 0 bridgehead atoms. The van der Waals surface area contributed by atoms with E-state index in [1.807, 2.05) is 0 Å². The average Bonchev–Trinajstić information content (AvgIpc) is 2.48. The number of benzene rings is 2. The normalized spacial score (nSPS) is 12.0. The van der Waals surface area contributed by atoms with Gasteiger partial charge in [-0.15, -0.1) is 0 Å². The Balaban J connectivity index is 2.00. The Hall–Kier alpha value is -1.78. The number of aliphatic hydroxyl groups is 1. The Labute approximate surface area is 128 Å². The van der Waals surface area contributed by atoms with Crippen molar-refractivity contribution >= 4 is 17.3 Å². The van der Waals surface area contributed by atoms with Gasteiger partial charge in [0, 0.05) is 28.9 Å². The molecular weight excluding hydrogens is 293 g/mol. The lowest BCUT2D eigenvalue weighted by Crippen LogP contribution is -2.12. The van der Waals surface area contributed by atoms with Crippen molar-refractivity contribution in [3.05, 3.63) is 58.9 Å². The third-order valence-electron chi connectivity index (χ3n) is 3.00. The maximum Gasteiger partial charge on any atom is 0.167 e. The molecule has 3 nitrogen and oxygen atoms in total. The van der Waals surface area contributed by atoms with Crippen LogP contribution in [0.5, 0.6) is 5.75 Å². The molecule has 2 rings (SSSR count). The van der Waals surface area contributed by atoms with E-state index in [0.29, 0.717) is 22.9 Å². The summed E-state index contributed by atoms with van der Waals surface area (Å²) in [7, 11) is 0. The fraction of sp³-hybridized carbons (Fsp3) is 0.250. The lowest BCUT2D eigenvalue weighted by Gasteiger charge is -2.15. The first-order valence-corrected chi connectivity index (χ1v) is 7.08. The number of halogens is 2. The number of nitrogens with one attached hydrogen (secondary N) is 1. The van der Waals surface area contributed by atoms with E-state index in [0.717, 1.165) is 0 Å². The SMILES string of the molecule is CCOc1ccc(NCC(O)c2ccccc2Cl)cc1F. The third-order valence-corrected chi connectivity index (χ3v) is 3.34. The van der Waals surface area contributed by atoms with Gasteiger partial charge in [0.25, 0.3) is 0 Å². The van der Waals surface area contributed by atoms with E-state index in [2.05, 4.69) is 5.32 Å². The lowest BCUT2D eigenvalue weighted by molar-refractivity contribution is 0.191. The molecule has 112 valence electrons. The van der Waals surface area contributed by atoms with Crippen LogP contribution in [0, 0.1) is 5.82 Å². The van der Waals surface area contributed by atoms with Gasteiger partial charge < -0.3 is 15.2 Å². The van der Waals surface area contributed by atoms with Gasteiger partial charge in [-0.2, -0.15) is 0 Å². The molecule has 5 heteroatoms. The van der Waals surface area contributed by atoms with Crippen LogP contribution in [0.2, 0.25) is 5.02 Å². The van der Waals surface area contributed by atoms with Gasteiger partial charge in [-0.1, -0.05) is 29.8 Å². The van der Waals surface area contributed by atoms with Crippen molar-refractivity contribution in [2.75, 3.05) is 18.5 Å². The molecule has 2 N–H and O–H groups in total. The van der Waals surface area contributed by atoms with E-state index in [1.54, 1.807) is 43.3 Å². The largest absolute Gasteiger partial charge is 0.491 e. The molecule has 2 aromatic rings. The zero-order chi connectivity index (χ0) is 15.2. The van der Waals surface area contributed by atoms with Crippen LogP contribution < -0.4 is 10.1 Å². The zero-order valence-electron chi connectivity index (χ0n) is 11.6. The quantitative estimate of drug-likeness (QED) is 0.846. The highest BCUT2D eigenvalue weighted by Gasteiger charge is 2.11. The highest BCUT2D eigenvalue weighted by Crippen LogP contribution is 2.24. The average molecular weight is 310 g/mol. The van der Waals surface area contributed by atoms with E-state index in [1.165, 1.54) is 6.07 Å². The fourth-order valence-corrected chi connectivity index (χ4v) is 2.21. The van der Waals surface area contributed by atoms with E-state index in [4.69, 9.17) is 16.3 Å². The van der Waals surface area contributed by atoms with E-state index >= 15 is 0 Å². The van der Waals surface area contributed by atoms with Crippen LogP contribution >= 0.6 is 11.6 Å². The van der Waals surface area contributed by atoms with Crippen molar-refractivity contribution in [3.8, 4) is 5.75 Å². The second-order valence-corrected chi connectivity index (χ2v) is 4.90. The smallest absolute Gasteiger partial charge is 0.167 e. The summed E-state index contributed by atoms with van der Waals surface area (Å²) < 4.78 is 18.8. The first-order valence-electron chi connectivity index (χ1n) is 6.70. The lowest BCUT2D eigenvalue weighted by atomic mass is 10.1. The van der Waals surface area contributed by atoms with Crippen LogP contribution in [-0.2, 0) is 0 Å². The van der Waals surface area contributed by atoms with Crippen LogP contribution in [0.15, 0.2) is 42.5 Å². The molecular formula is C16H17ClFNO2. The van der Waals surface area contributed by atoms with Crippen molar-refractivity contribution in [2.45, 2.75) is 13.0 Å². The zero-order valence-corrected chi connectivity index (χ0v) is 12.4. The van der Waals surface area contributed by atoms with Gasteiger partial charge in [0.2, 0.25) is 0 Å². The highest BCUT2D eigenvalue weighted by molar-refractivity contribution is 6.31. The number of hydrogen-bond acceptors (Lipinski definition) is 3. The maximum absolute atomic E-state index is 13.7. The summed E-state index contributed by atoms with van der Waals surface area (Å²) in [5.41, 5.74) is 1.21. The van der Waals surface area contributed by atoms with Crippen molar-refractivity contribution in [3.63, 3.8) is 0 Å². The molecule has 1 atom stereocenters. The Kier molecular flexibility index (Phi) is 5.42. The molecule has 0 fully saturated rings. The molecule has 0 heterocycles. The van der Waals surface area contributed by atoms with Gasteiger partial charge in [-0.05, 0) is 25.1 Å². The van der Waals surface area contributed by atoms with Gasteiger partial charge in [-0.25, -0.2) is 4.39 Å². The molecule has 0 aliphatic heterocycles. The van der Waals surface area contributed by atoms with Crippen LogP contribution in [0.25, 0.3) is 0 Å². The predicted octanol–water partition coefficient (Wildman–Crippen LogP) is 4.02. The summed E-state index contributed by atoms with van der Waals surface area (Å²) in [5, 5.41) is 13.6. The number of rotatable bonds is 6. The van der Waals surface area contributed by atoms with Gasteiger partial charge in [-0.3, -0.25) is 0 Å². The minimum atomic E-state index is -0.770. The first-order chi connectivity index (χ1) is 10.1. The molecule has 0 radical (unpaired) electrons. The minimum absolute atomic E-state index is 0.217. The molecule has 0 amide bonds. The monoisotopic (exact) mass is 309 g/mol. The number of ether oxygens (including phenoxy) is 1. The predicted molar refractivity (Wildman–Crippen MR) is 82.5 cm³/mol. The molecule has 2 aromatic carbocycles. The maximum atomic E-state index is 13.7. The van der Waals surface area contributed by atoms with Crippen molar-refractivity contribution in [1.82, 2.24) is 0 Å². The molecule has 0 spiro atoms. The van der Waals surface area contributed by atoms with Crippen molar-refractivity contribution in [2.24, 2.45) is 0 Å². The third kappa shape index (κ3) is 4.09. The van der Waals surface area contributed by atoms with Crippen molar-refractivity contribution in [1.29, 1.82) is 0 Å². The topological polar surface area (TPSA) is 41.5 Å². The summed E-state index contributed by atoms with van der Waals surface area (Å²) in [6.45, 7) is 2.44. The van der Waals surface area contributed by atoms with Crippen LogP contribution in [0.1, 0.15) is 18.6 Å². The summed E-state index contributed by atoms with van der Waals surface area (Å²) in [5.74, 6) is -0.219. The molecule has 21 heavy (non-hydrogen) atoms. The standard InChI is InChI=1S/C16H17ClFNO2/c1-2-21-16-8-7-11(9-14(16)18)19-10-15(20)12-5-3-4-6-13(12)17/h3-9,15,19-20H,2,10H2,1H3. The Morgan fingerprint density at radius 1 is 1.29 bits per heavy atom. The Bertz CT molecular complexity index is 607. The summed E-state index contributed by atoms with van der Waals surface area (Å²) in [6, 6.07) is 11.7. The Morgan fingerprint density at radius 2 is 2.05 bits per heavy atom. The second kappa shape index (κ2) is 7.29. The Morgan fingerprint density at radius 3 is 2.71 bits per heavy atom. The fourth-order valence-electron chi connectivity index (χ4n) is 1.95.